The number of likely N-dealkylation sites (N-methyl/N-ethyl adjacent to an activating group) is 1. The largest absolute Gasteiger partial charge is 0.304 e. The highest BCUT2D eigenvalue weighted by atomic mass is 32.1. The topological polar surface area (TPSA) is 19.4 Å². The van der Waals surface area contributed by atoms with Crippen LogP contribution in [0.2, 0.25) is 0 Å². The first-order valence-corrected chi connectivity index (χ1v) is 9.27. The highest BCUT2D eigenvalue weighted by Gasteiger charge is 2.26. The average molecular weight is 330 g/mol. The molecule has 1 atom stereocenters. The third-order valence-corrected chi connectivity index (χ3v) is 5.67. The van der Waals surface area contributed by atoms with Crippen molar-refractivity contribution in [2.24, 2.45) is 0 Å². The molecule has 0 N–H and O–H groups in total. The molecule has 0 spiro atoms. The maximum Gasteiger partial charge on any atom is 0.0713 e. The van der Waals surface area contributed by atoms with Crippen molar-refractivity contribution in [1.82, 2.24) is 14.2 Å². The molecule has 1 aliphatic rings. The van der Waals surface area contributed by atoms with E-state index in [-0.39, 0.29) is 0 Å². The highest BCUT2D eigenvalue weighted by molar-refractivity contribution is 7.05. The predicted molar refractivity (Wildman–Crippen MR) is 98.3 cm³/mol. The second kappa shape index (κ2) is 7.12. The van der Waals surface area contributed by atoms with E-state index in [0.29, 0.717) is 12.0 Å². The summed E-state index contributed by atoms with van der Waals surface area (Å²) in [6.07, 6.45) is 0. The van der Waals surface area contributed by atoms with Crippen LogP contribution in [0.3, 0.4) is 0 Å². The van der Waals surface area contributed by atoms with Crippen molar-refractivity contribution in [3.05, 3.63) is 52.0 Å². The lowest BCUT2D eigenvalue weighted by atomic mass is 9.97. The summed E-state index contributed by atoms with van der Waals surface area (Å²) >= 11 is 1.65. The summed E-state index contributed by atoms with van der Waals surface area (Å²) in [5.74, 6) is 0.580. The zero-order valence-corrected chi connectivity index (χ0v) is 15.4. The van der Waals surface area contributed by atoms with Gasteiger partial charge in [-0.15, -0.1) is 0 Å². The quantitative estimate of drug-likeness (QED) is 0.848. The molecule has 4 heteroatoms. The van der Waals surface area contributed by atoms with Crippen molar-refractivity contribution in [2.45, 2.75) is 32.7 Å². The molecule has 0 saturated carbocycles. The molecule has 2 aromatic rings. The fourth-order valence-corrected chi connectivity index (χ4v) is 4.12. The van der Waals surface area contributed by atoms with E-state index in [1.54, 1.807) is 11.5 Å². The van der Waals surface area contributed by atoms with Gasteiger partial charge in [-0.2, -0.15) is 4.37 Å². The lowest BCUT2D eigenvalue weighted by Gasteiger charge is -2.37. The van der Waals surface area contributed by atoms with Crippen LogP contribution in [-0.4, -0.2) is 47.4 Å². The molecule has 1 saturated heterocycles. The summed E-state index contributed by atoms with van der Waals surface area (Å²) in [5.41, 5.74) is 3.93. The lowest BCUT2D eigenvalue weighted by Crippen LogP contribution is -2.46. The predicted octanol–water partition coefficient (Wildman–Crippen LogP) is 3.91. The van der Waals surface area contributed by atoms with Gasteiger partial charge in [-0.05, 0) is 48.6 Å². The Bertz CT molecular complexity index is 624. The molecule has 3 nitrogen and oxygen atoms in total. The zero-order valence-electron chi connectivity index (χ0n) is 14.6. The summed E-state index contributed by atoms with van der Waals surface area (Å²) in [6.45, 7) is 11.1. The first-order chi connectivity index (χ1) is 11.0. The van der Waals surface area contributed by atoms with Crippen molar-refractivity contribution >= 4 is 11.5 Å². The van der Waals surface area contributed by atoms with Gasteiger partial charge in [0, 0.05) is 31.1 Å². The van der Waals surface area contributed by atoms with E-state index in [1.807, 2.05) is 0 Å². The fourth-order valence-electron chi connectivity index (χ4n) is 3.21. The van der Waals surface area contributed by atoms with Gasteiger partial charge in [-0.25, -0.2) is 0 Å². The smallest absolute Gasteiger partial charge is 0.0713 e. The van der Waals surface area contributed by atoms with E-state index in [9.17, 15) is 0 Å². The van der Waals surface area contributed by atoms with E-state index < -0.39 is 0 Å². The number of hydrogen-bond acceptors (Lipinski definition) is 4. The van der Waals surface area contributed by atoms with Crippen LogP contribution in [0.15, 0.2) is 30.3 Å². The summed E-state index contributed by atoms with van der Waals surface area (Å²) in [7, 11) is 2.21. The van der Waals surface area contributed by atoms with Crippen molar-refractivity contribution in [3.8, 4) is 0 Å². The van der Waals surface area contributed by atoms with Gasteiger partial charge in [0.15, 0.2) is 0 Å². The first-order valence-electron chi connectivity index (χ1n) is 8.50. The molecule has 1 aromatic carbocycles. The normalized spacial score (nSPS) is 18.5. The maximum atomic E-state index is 4.52. The first kappa shape index (κ1) is 16.6. The molecule has 1 unspecified atom stereocenters. The van der Waals surface area contributed by atoms with Crippen molar-refractivity contribution in [1.29, 1.82) is 0 Å². The average Bonchev–Trinajstić information content (AvgIpc) is 2.96. The molecule has 1 aliphatic heterocycles. The highest BCUT2D eigenvalue weighted by Crippen LogP contribution is 2.33. The SMILES string of the molecule is Cc1cc(C(c2ccc(C(C)C)cc2)N2CCN(C)CC2)sn1. The summed E-state index contributed by atoms with van der Waals surface area (Å²) in [6, 6.07) is 11.8. The summed E-state index contributed by atoms with van der Waals surface area (Å²) < 4.78 is 4.52. The Kier molecular flexibility index (Phi) is 5.14. The van der Waals surface area contributed by atoms with Gasteiger partial charge in [-0.1, -0.05) is 38.1 Å². The minimum atomic E-state index is 0.344. The van der Waals surface area contributed by atoms with Crippen LogP contribution < -0.4 is 0 Å². The van der Waals surface area contributed by atoms with Crippen LogP contribution in [-0.2, 0) is 0 Å². The molecule has 23 heavy (non-hydrogen) atoms. The lowest BCUT2D eigenvalue weighted by molar-refractivity contribution is 0.128. The number of hydrogen-bond donors (Lipinski definition) is 0. The molecule has 2 heterocycles. The van der Waals surface area contributed by atoms with Gasteiger partial charge >= 0.3 is 0 Å². The molecular formula is C19H27N3S. The van der Waals surface area contributed by atoms with Crippen LogP contribution in [0.1, 0.15) is 47.5 Å². The van der Waals surface area contributed by atoms with E-state index in [4.69, 9.17) is 0 Å². The van der Waals surface area contributed by atoms with Gasteiger partial charge in [0.05, 0.1) is 11.7 Å². The van der Waals surface area contributed by atoms with E-state index >= 15 is 0 Å². The molecule has 3 rings (SSSR count). The Morgan fingerprint density at radius 2 is 1.61 bits per heavy atom. The molecule has 0 aliphatic carbocycles. The van der Waals surface area contributed by atoms with Gasteiger partial charge in [-0.3, -0.25) is 4.90 Å². The molecule has 0 amide bonds. The second-order valence-corrected chi connectivity index (χ2v) is 7.77. The number of aromatic nitrogens is 1. The van der Waals surface area contributed by atoms with Crippen LogP contribution in [0, 0.1) is 6.92 Å². The van der Waals surface area contributed by atoms with Crippen LogP contribution >= 0.6 is 11.5 Å². The molecule has 124 valence electrons. The monoisotopic (exact) mass is 329 g/mol. The minimum Gasteiger partial charge on any atom is -0.304 e. The Morgan fingerprint density at radius 1 is 1.00 bits per heavy atom. The standard InChI is InChI=1S/C19H27N3S/c1-14(2)16-5-7-17(8-6-16)19(18-13-15(3)20-23-18)22-11-9-21(4)10-12-22/h5-8,13-14,19H,9-12H2,1-4H3. The Morgan fingerprint density at radius 3 is 2.13 bits per heavy atom. The maximum absolute atomic E-state index is 4.52. The number of rotatable bonds is 4. The van der Waals surface area contributed by atoms with Gasteiger partial charge < -0.3 is 4.90 Å². The van der Waals surface area contributed by atoms with E-state index in [0.717, 1.165) is 31.9 Å². The van der Waals surface area contributed by atoms with Crippen LogP contribution in [0.25, 0.3) is 0 Å². The minimum absolute atomic E-state index is 0.344. The van der Waals surface area contributed by atoms with Gasteiger partial charge in [0.1, 0.15) is 0 Å². The summed E-state index contributed by atoms with van der Waals surface area (Å²) in [4.78, 5) is 6.38. The summed E-state index contributed by atoms with van der Waals surface area (Å²) in [5, 5.41) is 0. The van der Waals surface area contributed by atoms with Gasteiger partial charge in [0.2, 0.25) is 0 Å². The van der Waals surface area contributed by atoms with E-state index in [1.165, 1.54) is 16.0 Å². The molecule has 1 aromatic heterocycles. The van der Waals surface area contributed by atoms with E-state index in [2.05, 4.69) is 72.3 Å². The third-order valence-electron chi connectivity index (χ3n) is 4.74. The third kappa shape index (κ3) is 3.82. The Labute approximate surface area is 144 Å². The second-order valence-electron chi connectivity index (χ2n) is 6.93. The van der Waals surface area contributed by atoms with Crippen molar-refractivity contribution in [3.63, 3.8) is 0 Å². The Balaban J connectivity index is 1.91. The zero-order chi connectivity index (χ0) is 16.4. The number of nitrogens with zero attached hydrogens (tertiary/aromatic N) is 3. The number of piperazine rings is 1. The number of aryl methyl sites for hydroxylation is 1. The Hall–Kier alpha value is -1.23. The van der Waals surface area contributed by atoms with Crippen LogP contribution in [0.5, 0.6) is 0 Å². The molecule has 1 fully saturated rings. The molecular weight excluding hydrogens is 302 g/mol. The molecule has 0 bridgehead atoms. The molecule has 0 radical (unpaired) electrons. The fraction of sp³-hybridized carbons (Fsp3) is 0.526. The number of benzene rings is 1. The van der Waals surface area contributed by atoms with Gasteiger partial charge in [0.25, 0.3) is 0 Å². The van der Waals surface area contributed by atoms with Crippen molar-refractivity contribution in [2.75, 3.05) is 33.2 Å². The van der Waals surface area contributed by atoms with Crippen molar-refractivity contribution < 1.29 is 0 Å². The van der Waals surface area contributed by atoms with Crippen LogP contribution in [0.4, 0.5) is 0 Å².